The van der Waals surface area contributed by atoms with Gasteiger partial charge in [-0.05, 0) is 36.4 Å². The molecule has 1 unspecified atom stereocenters. The van der Waals surface area contributed by atoms with E-state index >= 15 is 0 Å². The first kappa shape index (κ1) is 14.1. The number of methoxy groups -OCH3 is 1. The van der Waals surface area contributed by atoms with Crippen molar-refractivity contribution in [2.24, 2.45) is 7.05 Å². The van der Waals surface area contributed by atoms with Crippen LogP contribution < -0.4 is 10.1 Å². The van der Waals surface area contributed by atoms with E-state index in [1.54, 1.807) is 7.11 Å². The predicted molar refractivity (Wildman–Crippen MR) is 79.4 cm³/mol. The zero-order chi connectivity index (χ0) is 13.8. The molecular weight excluding hydrogens is 306 g/mol. The van der Waals surface area contributed by atoms with Crippen molar-refractivity contribution >= 4 is 15.9 Å². The first-order valence-electron chi connectivity index (χ1n) is 6.22. The molecule has 1 N–H and O–H groups in total. The van der Waals surface area contributed by atoms with Crippen LogP contribution in [0.15, 0.2) is 34.9 Å². The third-order valence-electron chi connectivity index (χ3n) is 2.95. The van der Waals surface area contributed by atoms with Gasteiger partial charge >= 0.3 is 0 Å². The molecule has 0 aliphatic heterocycles. The van der Waals surface area contributed by atoms with Gasteiger partial charge in [0.15, 0.2) is 0 Å². The van der Waals surface area contributed by atoms with Crippen LogP contribution in [0.5, 0.6) is 5.75 Å². The van der Waals surface area contributed by atoms with Gasteiger partial charge in [0.25, 0.3) is 0 Å². The van der Waals surface area contributed by atoms with Crippen LogP contribution in [-0.2, 0) is 7.05 Å². The highest BCUT2D eigenvalue weighted by molar-refractivity contribution is 9.10. The van der Waals surface area contributed by atoms with Gasteiger partial charge in [-0.25, -0.2) is 0 Å². The lowest BCUT2D eigenvalue weighted by atomic mass is 10.0. The third kappa shape index (κ3) is 3.16. The van der Waals surface area contributed by atoms with Crippen molar-refractivity contribution in [2.45, 2.75) is 13.0 Å². The van der Waals surface area contributed by atoms with E-state index in [9.17, 15) is 0 Å². The molecule has 102 valence electrons. The molecule has 2 aromatic rings. The Balaban J connectivity index is 2.43. The fraction of sp³-hybridized carbons (Fsp3) is 0.357. The summed E-state index contributed by atoms with van der Waals surface area (Å²) in [5.41, 5.74) is 2.12. The molecule has 1 atom stereocenters. The molecule has 1 aromatic carbocycles. The van der Waals surface area contributed by atoms with E-state index < -0.39 is 0 Å². The Kier molecular flexibility index (Phi) is 4.61. The number of aromatic nitrogens is 2. The zero-order valence-electron chi connectivity index (χ0n) is 11.4. The van der Waals surface area contributed by atoms with Gasteiger partial charge in [-0.1, -0.05) is 22.9 Å². The molecule has 19 heavy (non-hydrogen) atoms. The zero-order valence-corrected chi connectivity index (χ0v) is 12.9. The second-order valence-corrected chi connectivity index (χ2v) is 5.15. The molecule has 5 heteroatoms. The first-order valence-corrected chi connectivity index (χ1v) is 7.01. The molecule has 2 rings (SSSR count). The number of benzene rings is 1. The van der Waals surface area contributed by atoms with E-state index in [-0.39, 0.29) is 6.04 Å². The van der Waals surface area contributed by atoms with Gasteiger partial charge in [-0.15, -0.1) is 0 Å². The van der Waals surface area contributed by atoms with Crippen LogP contribution in [0.1, 0.15) is 24.2 Å². The van der Waals surface area contributed by atoms with E-state index in [0.29, 0.717) is 0 Å². The summed E-state index contributed by atoms with van der Waals surface area (Å²) >= 11 is 3.60. The quantitative estimate of drug-likeness (QED) is 0.919. The lowest BCUT2D eigenvalue weighted by Gasteiger charge is -2.18. The number of hydrogen-bond donors (Lipinski definition) is 1. The van der Waals surface area contributed by atoms with E-state index in [2.05, 4.69) is 33.3 Å². The Bertz CT molecular complexity index is 553. The summed E-state index contributed by atoms with van der Waals surface area (Å²) in [6, 6.07) is 8.05. The van der Waals surface area contributed by atoms with Crippen molar-refractivity contribution in [3.8, 4) is 5.75 Å². The Morgan fingerprint density at radius 2 is 2.21 bits per heavy atom. The summed E-state index contributed by atoms with van der Waals surface area (Å²) in [6.07, 6.45) is 1.95. The van der Waals surface area contributed by atoms with Gasteiger partial charge in [0.1, 0.15) is 5.75 Å². The maximum absolute atomic E-state index is 5.31. The molecule has 0 fully saturated rings. The number of nitrogens with one attached hydrogen (secondary N) is 1. The molecule has 1 heterocycles. The molecular formula is C14H18BrN3O. The highest BCUT2D eigenvalue weighted by Gasteiger charge is 2.18. The summed E-state index contributed by atoms with van der Waals surface area (Å²) in [4.78, 5) is 0. The molecule has 0 aliphatic rings. The Morgan fingerprint density at radius 3 is 2.79 bits per heavy atom. The molecule has 0 saturated heterocycles. The molecule has 0 saturated carbocycles. The second kappa shape index (κ2) is 6.21. The van der Waals surface area contributed by atoms with Crippen molar-refractivity contribution in [1.29, 1.82) is 0 Å². The normalized spacial score (nSPS) is 12.4. The van der Waals surface area contributed by atoms with E-state index in [4.69, 9.17) is 4.74 Å². The average molecular weight is 324 g/mol. The Hall–Kier alpha value is -1.33. The van der Waals surface area contributed by atoms with E-state index in [1.165, 1.54) is 0 Å². The topological polar surface area (TPSA) is 39.1 Å². The van der Waals surface area contributed by atoms with Crippen molar-refractivity contribution in [2.75, 3.05) is 13.7 Å². The van der Waals surface area contributed by atoms with Crippen LogP contribution in [0.4, 0.5) is 0 Å². The van der Waals surface area contributed by atoms with Crippen molar-refractivity contribution < 1.29 is 4.74 Å². The number of aryl methyl sites for hydroxylation is 1. The highest BCUT2D eigenvalue weighted by atomic mass is 79.9. The lowest BCUT2D eigenvalue weighted by Crippen LogP contribution is -2.23. The fourth-order valence-electron chi connectivity index (χ4n) is 2.03. The van der Waals surface area contributed by atoms with Crippen molar-refractivity contribution in [3.63, 3.8) is 0 Å². The standard InChI is InChI=1S/C14H18BrN3O/c1-4-16-14(13-7-8-18(2)17-13)11-9-10(19-3)5-6-12(11)15/h5-9,14,16H,4H2,1-3H3. The largest absolute Gasteiger partial charge is 0.497 e. The maximum atomic E-state index is 5.31. The van der Waals surface area contributed by atoms with Gasteiger partial charge in [0.2, 0.25) is 0 Å². The summed E-state index contributed by atoms with van der Waals surface area (Å²) < 4.78 is 8.16. The summed E-state index contributed by atoms with van der Waals surface area (Å²) in [6.45, 7) is 2.95. The average Bonchev–Trinajstić information content (AvgIpc) is 2.83. The lowest BCUT2D eigenvalue weighted by molar-refractivity contribution is 0.413. The Morgan fingerprint density at radius 1 is 1.42 bits per heavy atom. The smallest absolute Gasteiger partial charge is 0.119 e. The van der Waals surface area contributed by atoms with Gasteiger partial charge in [0, 0.05) is 17.7 Å². The maximum Gasteiger partial charge on any atom is 0.119 e. The minimum Gasteiger partial charge on any atom is -0.497 e. The Labute approximate surface area is 121 Å². The van der Waals surface area contributed by atoms with Gasteiger partial charge < -0.3 is 10.1 Å². The van der Waals surface area contributed by atoms with Gasteiger partial charge in [0.05, 0.1) is 18.8 Å². The molecule has 0 radical (unpaired) electrons. The summed E-state index contributed by atoms with van der Waals surface area (Å²) in [5, 5.41) is 7.95. The van der Waals surface area contributed by atoms with Gasteiger partial charge in [-0.2, -0.15) is 5.10 Å². The third-order valence-corrected chi connectivity index (χ3v) is 3.67. The predicted octanol–water partition coefficient (Wildman–Crippen LogP) is 2.89. The van der Waals surface area contributed by atoms with Crippen LogP contribution in [-0.4, -0.2) is 23.4 Å². The van der Waals surface area contributed by atoms with Gasteiger partial charge in [-0.3, -0.25) is 4.68 Å². The highest BCUT2D eigenvalue weighted by Crippen LogP contribution is 2.31. The number of rotatable bonds is 5. The second-order valence-electron chi connectivity index (χ2n) is 4.29. The van der Waals surface area contributed by atoms with Crippen LogP contribution in [0.3, 0.4) is 0 Å². The number of hydrogen-bond acceptors (Lipinski definition) is 3. The van der Waals surface area contributed by atoms with E-state index in [0.717, 1.165) is 28.0 Å². The molecule has 0 spiro atoms. The van der Waals surface area contributed by atoms with Crippen LogP contribution in [0.25, 0.3) is 0 Å². The fourth-order valence-corrected chi connectivity index (χ4v) is 2.51. The van der Waals surface area contributed by atoms with Crippen molar-refractivity contribution in [3.05, 3.63) is 46.2 Å². The minimum atomic E-state index is 0.0516. The molecule has 0 amide bonds. The summed E-state index contributed by atoms with van der Waals surface area (Å²) in [7, 11) is 3.60. The first-order chi connectivity index (χ1) is 9.15. The molecule has 0 aliphatic carbocycles. The number of halogens is 1. The number of nitrogens with zero attached hydrogens (tertiary/aromatic N) is 2. The van der Waals surface area contributed by atoms with E-state index in [1.807, 2.05) is 42.2 Å². The molecule has 0 bridgehead atoms. The monoisotopic (exact) mass is 323 g/mol. The molecule has 4 nitrogen and oxygen atoms in total. The van der Waals surface area contributed by atoms with Crippen LogP contribution >= 0.6 is 15.9 Å². The van der Waals surface area contributed by atoms with Crippen molar-refractivity contribution in [1.82, 2.24) is 15.1 Å². The van der Waals surface area contributed by atoms with Crippen LogP contribution in [0, 0.1) is 0 Å². The minimum absolute atomic E-state index is 0.0516. The number of ether oxygens (including phenoxy) is 1. The SMILES string of the molecule is CCNC(c1ccn(C)n1)c1cc(OC)ccc1Br. The molecule has 1 aromatic heterocycles. The van der Waals surface area contributed by atoms with Crippen LogP contribution in [0.2, 0.25) is 0 Å². The summed E-state index contributed by atoms with van der Waals surface area (Å²) in [5.74, 6) is 0.844.